The van der Waals surface area contributed by atoms with Gasteiger partial charge in [0.2, 0.25) is 5.91 Å². The molecule has 0 bridgehead atoms. The summed E-state index contributed by atoms with van der Waals surface area (Å²) in [5, 5.41) is 23.8. The van der Waals surface area contributed by atoms with Crippen LogP contribution in [0.25, 0.3) is 0 Å². The van der Waals surface area contributed by atoms with Gasteiger partial charge in [0.25, 0.3) is 0 Å². The first-order valence-corrected chi connectivity index (χ1v) is 26.5. The van der Waals surface area contributed by atoms with Crippen LogP contribution in [-0.4, -0.2) is 46.9 Å². The van der Waals surface area contributed by atoms with Crippen molar-refractivity contribution in [3.8, 4) is 0 Å². The number of esters is 1. The average Bonchev–Trinajstić information content (AvgIpc) is 3.29. The molecule has 64 heavy (non-hydrogen) atoms. The molecule has 366 valence electrons. The zero-order valence-corrected chi connectivity index (χ0v) is 41.6. The summed E-state index contributed by atoms with van der Waals surface area (Å²) >= 11 is 0. The number of carbonyl (C=O) groups is 2. The summed E-state index contributed by atoms with van der Waals surface area (Å²) in [6.45, 7) is 6.23. The predicted octanol–water partition coefficient (Wildman–Crippen LogP) is 16.1. The topological polar surface area (TPSA) is 95.9 Å². The van der Waals surface area contributed by atoms with Crippen molar-refractivity contribution in [2.75, 3.05) is 6.61 Å². The van der Waals surface area contributed by atoms with Gasteiger partial charge in [-0.05, 0) is 89.9 Å². The van der Waals surface area contributed by atoms with E-state index in [9.17, 15) is 19.8 Å². The number of hydrogen-bond acceptors (Lipinski definition) is 5. The summed E-state index contributed by atoms with van der Waals surface area (Å²) < 4.78 is 5.87. The third kappa shape index (κ3) is 45.4. The number of unbranched alkanes of at least 4 members (excludes halogenated alkanes) is 18. The molecule has 0 aliphatic heterocycles. The van der Waals surface area contributed by atoms with Gasteiger partial charge in [0.15, 0.2) is 0 Å². The molecule has 0 saturated carbocycles. The first-order valence-electron chi connectivity index (χ1n) is 26.5. The molecule has 3 N–H and O–H groups in total. The van der Waals surface area contributed by atoms with Crippen molar-refractivity contribution in [3.05, 3.63) is 97.2 Å². The lowest BCUT2D eigenvalue weighted by Gasteiger charge is -2.24. The van der Waals surface area contributed by atoms with Crippen molar-refractivity contribution < 1.29 is 24.5 Å². The van der Waals surface area contributed by atoms with E-state index >= 15 is 0 Å². The zero-order chi connectivity index (χ0) is 46.7. The number of allylic oxidation sites excluding steroid dienone is 16. The highest BCUT2D eigenvalue weighted by Crippen LogP contribution is 2.17. The molecule has 6 heteroatoms. The van der Waals surface area contributed by atoms with E-state index in [2.05, 4.69) is 117 Å². The summed E-state index contributed by atoms with van der Waals surface area (Å²) in [5.74, 6) is -0.617. The first-order chi connectivity index (χ1) is 31.5. The van der Waals surface area contributed by atoms with Crippen molar-refractivity contribution in [3.63, 3.8) is 0 Å². The highest BCUT2D eigenvalue weighted by atomic mass is 16.5. The minimum absolute atomic E-state index is 0.0167. The minimum Gasteiger partial charge on any atom is -0.462 e. The molecule has 0 saturated heterocycles. The van der Waals surface area contributed by atoms with Crippen LogP contribution < -0.4 is 5.32 Å². The monoisotopic (exact) mass is 890 g/mol. The average molecular weight is 890 g/mol. The fourth-order valence-electron chi connectivity index (χ4n) is 7.49. The molecular weight excluding hydrogens is 791 g/mol. The van der Waals surface area contributed by atoms with Gasteiger partial charge in [-0.25, -0.2) is 0 Å². The Morgan fingerprint density at radius 3 is 1.27 bits per heavy atom. The highest BCUT2D eigenvalue weighted by molar-refractivity contribution is 5.77. The fraction of sp³-hybridized carbons (Fsp3) is 0.690. The molecule has 3 unspecified atom stereocenters. The second-order valence-corrected chi connectivity index (χ2v) is 17.5. The van der Waals surface area contributed by atoms with Gasteiger partial charge >= 0.3 is 5.97 Å². The van der Waals surface area contributed by atoms with Gasteiger partial charge in [-0.3, -0.25) is 9.59 Å². The van der Waals surface area contributed by atoms with E-state index in [1.54, 1.807) is 0 Å². The Morgan fingerprint density at radius 2 is 0.844 bits per heavy atom. The van der Waals surface area contributed by atoms with Gasteiger partial charge in [-0.2, -0.15) is 0 Å². The maximum Gasteiger partial charge on any atom is 0.306 e. The molecule has 0 heterocycles. The van der Waals surface area contributed by atoms with Gasteiger partial charge in [0.1, 0.15) is 6.10 Å². The number of aliphatic hydroxyl groups excluding tert-OH is 2. The summed E-state index contributed by atoms with van der Waals surface area (Å²) in [4.78, 5) is 26.1. The van der Waals surface area contributed by atoms with Gasteiger partial charge in [0, 0.05) is 6.42 Å². The van der Waals surface area contributed by atoms with Gasteiger partial charge < -0.3 is 20.3 Å². The summed E-state index contributed by atoms with van der Waals surface area (Å²) in [6.07, 6.45) is 67.7. The van der Waals surface area contributed by atoms with Crippen molar-refractivity contribution in [1.82, 2.24) is 5.32 Å². The van der Waals surface area contributed by atoms with Crippen LogP contribution in [0.2, 0.25) is 0 Å². The maximum atomic E-state index is 13.2. The molecule has 0 rings (SSSR count). The van der Waals surface area contributed by atoms with Crippen LogP contribution in [-0.2, 0) is 14.3 Å². The number of rotatable bonds is 46. The van der Waals surface area contributed by atoms with E-state index in [1.807, 2.05) is 6.08 Å². The third-order valence-electron chi connectivity index (χ3n) is 11.4. The molecule has 0 aliphatic carbocycles. The lowest BCUT2D eigenvalue weighted by Crippen LogP contribution is -2.46. The Kier molecular flexibility index (Phi) is 48.2. The summed E-state index contributed by atoms with van der Waals surface area (Å²) in [7, 11) is 0. The number of amides is 1. The van der Waals surface area contributed by atoms with Crippen LogP contribution in [0.4, 0.5) is 0 Å². The van der Waals surface area contributed by atoms with Gasteiger partial charge in [0.05, 0.1) is 25.2 Å². The lowest BCUT2D eigenvalue weighted by molar-refractivity contribution is -0.150. The molecule has 0 aromatic heterocycles. The van der Waals surface area contributed by atoms with E-state index in [0.717, 1.165) is 89.9 Å². The van der Waals surface area contributed by atoms with Crippen LogP contribution in [0.3, 0.4) is 0 Å². The van der Waals surface area contributed by atoms with E-state index in [-0.39, 0.29) is 31.3 Å². The summed E-state index contributed by atoms with van der Waals surface area (Å²) in [6, 6.07) is -0.734. The van der Waals surface area contributed by atoms with Crippen molar-refractivity contribution in [2.24, 2.45) is 0 Å². The smallest absolute Gasteiger partial charge is 0.306 e. The Labute approximate surface area is 395 Å². The van der Waals surface area contributed by atoms with Crippen LogP contribution in [0.1, 0.15) is 233 Å². The highest BCUT2D eigenvalue weighted by Gasteiger charge is 2.24. The van der Waals surface area contributed by atoms with E-state index in [1.165, 1.54) is 89.9 Å². The number of carbonyl (C=O) groups excluding carboxylic acids is 2. The molecular formula is C58H99NO5. The number of hydrogen-bond donors (Lipinski definition) is 3. The SMILES string of the molecule is CC/C=C/C/C=C/C/C=C/C/C=C/C/C=C/CCC(=O)OC(CCCC/C=C/C/C=C/C/C=C/CC)CC(=O)NC(CO)C(O)CCCCCCCCCCCCCCCCCCC. The van der Waals surface area contributed by atoms with Gasteiger partial charge in [-0.15, -0.1) is 0 Å². The second-order valence-electron chi connectivity index (χ2n) is 17.5. The molecule has 0 radical (unpaired) electrons. The summed E-state index contributed by atoms with van der Waals surface area (Å²) in [5.41, 5.74) is 0. The van der Waals surface area contributed by atoms with E-state index in [4.69, 9.17) is 4.74 Å². The van der Waals surface area contributed by atoms with Gasteiger partial charge in [-0.1, -0.05) is 227 Å². The Morgan fingerprint density at radius 1 is 0.469 bits per heavy atom. The Hall–Kier alpha value is -3.22. The van der Waals surface area contributed by atoms with Crippen LogP contribution >= 0.6 is 0 Å². The Bertz CT molecular complexity index is 1270. The predicted molar refractivity (Wildman–Crippen MR) is 277 cm³/mol. The van der Waals surface area contributed by atoms with Crippen molar-refractivity contribution in [2.45, 2.75) is 251 Å². The third-order valence-corrected chi connectivity index (χ3v) is 11.4. The molecule has 0 aliphatic rings. The van der Waals surface area contributed by atoms with Crippen LogP contribution in [0, 0.1) is 0 Å². The molecule has 3 atom stereocenters. The van der Waals surface area contributed by atoms with E-state index < -0.39 is 18.2 Å². The molecule has 0 aromatic rings. The lowest BCUT2D eigenvalue weighted by atomic mass is 10.0. The first kappa shape index (κ1) is 60.8. The normalized spacial score (nSPS) is 14.0. The molecule has 6 nitrogen and oxygen atoms in total. The number of nitrogens with one attached hydrogen (secondary N) is 1. The number of ether oxygens (including phenoxy) is 1. The van der Waals surface area contributed by atoms with Crippen molar-refractivity contribution in [1.29, 1.82) is 0 Å². The second kappa shape index (κ2) is 50.8. The van der Waals surface area contributed by atoms with Crippen molar-refractivity contribution >= 4 is 11.9 Å². The molecule has 0 spiro atoms. The molecule has 0 fully saturated rings. The quantitative estimate of drug-likeness (QED) is 0.0321. The Balaban J connectivity index is 4.66. The standard InChI is InChI=1S/C58H99NO5/c1-4-7-10-13-16-19-22-25-27-29-30-32-35-38-41-44-47-50-56(61)55(53-60)59-57(62)52-54(49-46-43-40-37-34-24-21-18-15-12-9-6-3)64-58(63)51-48-45-42-39-36-33-31-28-26-23-20-17-14-11-8-5-2/h8-9,11-12,17-18,20-21,26,28,33-34,36-37,42,45,54-56,60-61H,4-7,10,13-16,19,22-25,27,29-32,35,38-41,43-44,46-53H2,1-3H3,(H,59,62)/b11-8+,12-9+,20-17+,21-18+,28-26+,36-33+,37-34+,45-42+. The molecule has 1 amide bonds. The number of aliphatic hydroxyl groups is 2. The fourth-order valence-corrected chi connectivity index (χ4v) is 7.49. The largest absolute Gasteiger partial charge is 0.462 e. The molecule has 0 aromatic carbocycles. The van der Waals surface area contributed by atoms with E-state index in [0.29, 0.717) is 19.3 Å². The minimum atomic E-state index is -0.816. The van der Waals surface area contributed by atoms with Crippen LogP contribution in [0.5, 0.6) is 0 Å². The zero-order valence-electron chi connectivity index (χ0n) is 41.6. The maximum absolute atomic E-state index is 13.2. The van der Waals surface area contributed by atoms with Crippen LogP contribution in [0.15, 0.2) is 97.2 Å².